The molecule has 1 aromatic rings. The second kappa shape index (κ2) is 6.90. The number of nitrogens with one attached hydrogen (secondary N) is 1. The van der Waals surface area contributed by atoms with E-state index in [1.165, 1.54) is 5.57 Å². The molecule has 0 amide bonds. The second-order valence-corrected chi connectivity index (χ2v) is 4.84. The Hall–Kier alpha value is -0.700. The van der Waals surface area contributed by atoms with E-state index in [4.69, 9.17) is 27.9 Å². The molecule has 2 nitrogen and oxygen atoms in total. The molecule has 1 aromatic carbocycles. The highest BCUT2D eigenvalue weighted by Gasteiger charge is 2.09. The van der Waals surface area contributed by atoms with Crippen molar-refractivity contribution in [1.82, 2.24) is 5.32 Å². The molecule has 0 aliphatic rings. The molecule has 1 rings (SSSR count). The van der Waals surface area contributed by atoms with Crippen molar-refractivity contribution in [3.63, 3.8) is 0 Å². The van der Waals surface area contributed by atoms with Gasteiger partial charge in [-0.05, 0) is 39.1 Å². The first-order valence-electron chi connectivity index (χ1n) is 5.43. The maximum atomic E-state index is 6.13. The van der Waals surface area contributed by atoms with Gasteiger partial charge in [0.25, 0.3) is 0 Å². The van der Waals surface area contributed by atoms with E-state index in [1.807, 2.05) is 33.0 Å². The number of allylic oxidation sites excluding steroid dienone is 1. The van der Waals surface area contributed by atoms with Crippen molar-refractivity contribution in [2.75, 3.05) is 13.7 Å². The number of benzene rings is 1. The van der Waals surface area contributed by atoms with Gasteiger partial charge in [-0.15, -0.1) is 0 Å². The number of halogens is 2. The Morgan fingerprint density at radius 3 is 2.65 bits per heavy atom. The van der Waals surface area contributed by atoms with Crippen LogP contribution < -0.4 is 10.1 Å². The molecule has 0 atom stereocenters. The topological polar surface area (TPSA) is 21.3 Å². The lowest BCUT2D eigenvalue weighted by molar-refractivity contribution is 0.357. The minimum absolute atomic E-state index is 0.514. The molecule has 17 heavy (non-hydrogen) atoms. The van der Waals surface area contributed by atoms with Gasteiger partial charge in [-0.1, -0.05) is 28.8 Å². The van der Waals surface area contributed by atoms with E-state index in [0.717, 1.165) is 5.56 Å². The van der Waals surface area contributed by atoms with Crippen molar-refractivity contribution in [3.8, 4) is 5.75 Å². The predicted octanol–water partition coefficient (Wildman–Crippen LogP) is 4.06. The van der Waals surface area contributed by atoms with Crippen molar-refractivity contribution in [3.05, 3.63) is 39.4 Å². The zero-order chi connectivity index (χ0) is 12.8. The maximum absolute atomic E-state index is 6.13. The monoisotopic (exact) mass is 273 g/mol. The molecule has 0 spiro atoms. The van der Waals surface area contributed by atoms with Gasteiger partial charge in [0.1, 0.15) is 12.4 Å². The van der Waals surface area contributed by atoms with Crippen LogP contribution >= 0.6 is 23.2 Å². The fourth-order valence-electron chi connectivity index (χ4n) is 1.39. The lowest BCUT2D eigenvalue weighted by atomic mass is 10.2. The largest absolute Gasteiger partial charge is 0.488 e. The van der Waals surface area contributed by atoms with Gasteiger partial charge in [-0.25, -0.2) is 0 Å². The molecule has 4 heteroatoms. The lowest BCUT2D eigenvalue weighted by Gasteiger charge is -2.12. The molecule has 0 saturated carbocycles. The van der Waals surface area contributed by atoms with Gasteiger partial charge >= 0.3 is 0 Å². The Kier molecular flexibility index (Phi) is 5.83. The number of hydrogen-bond donors (Lipinski definition) is 1. The summed E-state index contributed by atoms with van der Waals surface area (Å²) in [5.41, 5.74) is 2.18. The fourth-order valence-corrected chi connectivity index (χ4v) is 1.98. The van der Waals surface area contributed by atoms with E-state index < -0.39 is 0 Å². The summed E-state index contributed by atoms with van der Waals surface area (Å²) >= 11 is 12.1. The molecule has 0 saturated heterocycles. The van der Waals surface area contributed by atoms with Gasteiger partial charge in [-0.3, -0.25) is 0 Å². The summed E-state index contributed by atoms with van der Waals surface area (Å²) < 4.78 is 5.68. The van der Waals surface area contributed by atoms with Crippen LogP contribution in [0.5, 0.6) is 5.75 Å². The Bertz CT molecular complexity index is 412. The molecule has 94 valence electrons. The smallest absolute Gasteiger partial charge is 0.142 e. The third kappa shape index (κ3) is 4.58. The minimum atomic E-state index is 0.514. The van der Waals surface area contributed by atoms with Gasteiger partial charge in [0.2, 0.25) is 0 Å². The zero-order valence-electron chi connectivity index (χ0n) is 10.3. The quantitative estimate of drug-likeness (QED) is 0.817. The van der Waals surface area contributed by atoms with Gasteiger partial charge in [-0.2, -0.15) is 0 Å². The van der Waals surface area contributed by atoms with E-state index in [9.17, 15) is 0 Å². The second-order valence-electron chi connectivity index (χ2n) is 4.00. The van der Waals surface area contributed by atoms with E-state index in [1.54, 1.807) is 6.07 Å². The highest BCUT2D eigenvalue weighted by Crippen LogP contribution is 2.32. The number of rotatable bonds is 5. The van der Waals surface area contributed by atoms with Gasteiger partial charge in [0, 0.05) is 17.1 Å². The van der Waals surface area contributed by atoms with E-state index in [-0.39, 0.29) is 0 Å². The molecular weight excluding hydrogens is 257 g/mol. The highest BCUT2D eigenvalue weighted by molar-refractivity contribution is 6.35. The number of hydrogen-bond acceptors (Lipinski definition) is 2. The summed E-state index contributed by atoms with van der Waals surface area (Å²) in [6.07, 6.45) is 2.01. The Morgan fingerprint density at radius 1 is 1.35 bits per heavy atom. The molecule has 0 aliphatic heterocycles. The van der Waals surface area contributed by atoms with Crippen LogP contribution in [0.3, 0.4) is 0 Å². The van der Waals surface area contributed by atoms with Crippen LogP contribution in [0.25, 0.3) is 0 Å². The fraction of sp³-hybridized carbons (Fsp3) is 0.385. The summed E-state index contributed by atoms with van der Waals surface area (Å²) in [6.45, 7) is 5.24. The van der Waals surface area contributed by atoms with Crippen molar-refractivity contribution in [2.45, 2.75) is 20.4 Å². The molecule has 0 fully saturated rings. The van der Waals surface area contributed by atoms with Crippen LogP contribution in [0.1, 0.15) is 19.4 Å². The van der Waals surface area contributed by atoms with Gasteiger partial charge in [0.15, 0.2) is 0 Å². The molecule has 0 bridgehead atoms. The summed E-state index contributed by atoms with van der Waals surface area (Å²) in [6, 6.07) is 3.56. The minimum Gasteiger partial charge on any atom is -0.488 e. The Morgan fingerprint density at radius 2 is 2.06 bits per heavy atom. The first kappa shape index (κ1) is 14.4. The predicted molar refractivity (Wildman–Crippen MR) is 74.2 cm³/mol. The van der Waals surface area contributed by atoms with Crippen molar-refractivity contribution in [2.24, 2.45) is 0 Å². The van der Waals surface area contributed by atoms with E-state index in [0.29, 0.717) is 28.9 Å². The molecule has 0 aliphatic carbocycles. The normalized spacial score (nSPS) is 10.2. The van der Waals surface area contributed by atoms with Gasteiger partial charge in [0.05, 0.1) is 5.02 Å². The molecule has 0 aromatic heterocycles. The SMILES string of the molecule is CNCc1cc(Cl)cc(Cl)c1OCC=C(C)C. The van der Waals surface area contributed by atoms with Crippen molar-refractivity contribution in [1.29, 1.82) is 0 Å². The average molecular weight is 274 g/mol. The highest BCUT2D eigenvalue weighted by atomic mass is 35.5. The van der Waals surface area contributed by atoms with E-state index in [2.05, 4.69) is 5.32 Å². The Labute approximate surface area is 113 Å². The lowest BCUT2D eigenvalue weighted by Crippen LogP contribution is -2.08. The summed E-state index contributed by atoms with van der Waals surface area (Å²) in [7, 11) is 1.87. The maximum Gasteiger partial charge on any atom is 0.142 e. The van der Waals surface area contributed by atoms with Crippen LogP contribution in [0.15, 0.2) is 23.8 Å². The average Bonchev–Trinajstić information content (AvgIpc) is 2.21. The van der Waals surface area contributed by atoms with Crippen molar-refractivity contribution < 1.29 is 4.74 Å². The molecular formula is C13H17Cl2NO. The number of ether oxygens (including phenoxy) is 1. The first-order chi connectivity index (χ1) is 8.04. The molecule has 1 N–H and O–H groups in total. The molecule has 0 heterocycles. The molecule has 0 unspecified atom stereocenters. The third-order valence-corrected chi connectivity index (χ3v) is 2.67. The van der Waals surface area contributed by atoms with Crippen LogP contribution in [0.2, 0.25) is 10.0 Å². The van der Waals surface area contributed by atoms with Crippen molar-refractivity contribution >= 4 is 23.2 Å². The third-order valence-electron chi connectivity index (χ3n) is 2.17. The van der Waals surface area contributed by atoms with Crippen LogP contribution in [0, 0.1) is 0 Å². The summed E-state index contributed by atoms with van der Waals surface area (Å²) in [5.74, 6) is 0.697. The van der Waals surface area contributed by atoms with Crippen LogP contribution in [-0.2, 0) is 6.54 Å². The van der Waals surface area contributed by atoms with Gasteiger partial charge < -0.3 is 10.1 Å². The van der Waals surface area contributed by atoms with Crippen LogP contribution in [0.4, 0.5) is 0 Å². The van der Waals surface area contributed by atoms with E-state index >= 15 is 0 Å². The van der Waals surface area contributed by atoms with Crippen LogP contribution in [-0.4, -0.2) is 13.7 Å². The summed E-state index contributed by atoms with van der Waals surface area (Å²) in [5, 5.41) is 4.23. The standard InChI is InChI=1S/C13H17Cl2NO/c1-9(2)4-5-17-13-10(8-16-3)6-11(14)7-12(13)15/h4,6-7,16H,5,8H2,1-3H3. The zero-order valence-corrected chi connectivity index (χ0v) is 11.8. The Balaban J connectivity index is 2.91. The summed E-state index contributed by atoms with van der Waals surface area (Å²) in [4.78, 5) is 0. The molecule has 0 radical (unpaired) electrons. The first-order valence-corrected chi connectivity index (χ1v) is 6.19.